The zero-order valence-electron chi connectivity index (χ0n) is 17.1. The van der Waals surface area contributed by atoms with Gasteiger partial charge in [0.05, 0.1) is 6.61 Å². The predicted octanol–water partition coefficient (Wildman–Crippen LogP) is 4.73. The Bertz CT molecular complexity index is 1030. The Morgan fingerprint density at radius 1 is 1.03 bits per heavy atom. The summed E-state index contributed by atoms with van der Waals surface area (Å²) in [7, 11) is 0. The fourth-order valence-electron chi connectivity index (χ4n) is 2.89. The monoisotopic (exact) mass is 403 g/mol. The minimum atomic E-state index is -0.969. The number of aliphatic carboxylic acids is 1. The molecule has 5 heteroatoms. The third-order valence-electron chi connectivity index (χ3n) is 4.78. The van der Waals surface area contributed by atoms with Crippen LogP contribution in [-0.2, 0) is 22.7 Å². The summed E-state index contributed by atoms with van der Waals surface area (Å²) >= 11 is 0. The fraction of sp³-hybridized carbons (Fsp3) is 0.200. The Hall–Kier alpha value is -3.44. The van der Waals surface area contributed by atoms with Gasteiger partial charge in [0.25, 0.3) is 0 Å². The van der Waals surface area contributed by atoms with Crippen LogP contribution in [0, 0.1) is 6.92 Å². The van der Waals surface area contributed by atoms with Crippen LogP contribution in [0.4, 0.5) is 0 Å². The number of rotatable bonds is 9. The molecule has 1 aromatic heterocycles. The van der Waals surface area contributed by atoms with E-state index in [-0.39, 0.29) is 12.4 Å². The highest BCUT2D eigenvalue weighted by molar-refractivity contribution is 6.08. The minimum Gasteiger partial charge on any atom is -0.479 e. The first-order valence-corrected chi connectivity index (χ1v) is 9.79. The molecule has 0 spiro atoms. The number of aryl methyl sites for hydroxylation is 1. The van der Waals surface area contributed by atoms with Crippen molar-refractivity contribution in [3.63, 3.8) is 0 Å². The summed E-state index contributed by atoms with van der Waals surface area (Å²) in [6.45, 7) is 4.43. The van der Waals surface area contributed by atoms with Crippen LogP contribution in [0.25, 0.3) is 6.08 Å². The van der Waals surface area contributed by atoms with E-state index < -0.39 is 12.1 Å². The van der Waals surface area contributed by atoms with E-state index in [2.05, 4.69) is 0 Å². The number of hydrogen-bond acceptors (Lipinski definition) is 3. The van der Waals surface area contributed by atoms with Crippen molar-refractivity contribution in [1.29, 1.82) is 0 Å². The van der Waals surface area contributed by atoms with Crippen molar-refractivity contribution in [1.82, 2.24) is 4.57 Å². The maximum Gasteiger partial charge on any atom is 0.332 e. The normalized spacial score (nSPS) is 12.2. The Labute approximate surface area is 176 Å². The molecule has 0 fully saturated rings. The van der Waals surface area contributed by atoms with E-state index in [1.54, 1.807) is 0 Å². The van der Waals surface area contributed by atoms with E-state index in [1.807, 2.05) is 90.6 Å². The van der Waals surface area contributed by atoms with Crippen molar-refractivity contribution >= 4 is 17.8 Å². The molecule has 0 unspecified atom stereocenters. The molecule has 5 nitrogen and oxygen atoms in total. The van der Waals surface area contributed by atoms with Crippen LogP contribution in [0.3, 0.4) is 0 Å². The van der Waals surface area contributed by atoms with Crippen molar-refractivity contribution in [2.24, 2.45) is 0 Å². The van der Waals surface area contributed by atoms with Crippen molar-refractivity contribution in [3.8, 4) is 0 Å². The minimum absolute atomic E-state index is 0.0211. The smallest absolute Gasteiger partial charge is 0.332 e. The van der Waals surface area contributed by atoms with Gasteiger partial charge in [0.2, 0.25) is 0 Å². The summed E-state index contributed by atoms with van der Waals surface area (Å²) in [4.78, 5) is 23.3. The van der Waals surface area contributed by atoms with Gasteiger partial charge in [-0.15, -0.1) is 0 Å². The molecule has 30 heavy (non-hydrogen) atoms. The molecule has 0 radical (unpaired) electrons. The van der Waals surface area contributed by atoms with Crippen LogP contribution in [0.2, 0.25) is 0 Å². The van der Waals surface area contributed by atoms with Gasteiger partial charge in [-0.25, -0.2) is 4.79 Å². The van der Waals surface area contributed by atoms with E-state index >= 15 is 0 Å². The first-order valence-electron chi connectivity index (χ1n) is 9.79. The van der Waals surface area contributed by atoms with Gasteiger partial charge in [-0.2, -0.15) is 0 Å². The van der Waals surface area contributed by atoms with Gasteiger partial charge in [0.15, 0.2) is 11.9 Å². The summed E-state index contributed by atoms with van der Waals surface area (Å²) < 4.78 is 7.24. The van der Waals surface area contributed by atoms with Gasteiger partial charge >= 0.3 is 5.97 Å². The number of ketones is 1. The summed E-state index contributed by atoms with van der Waals surface area (Å²) in [6.07, 6.45) is 6.96. The van der Waals surface area contributed by atoms with Crippen LogP contribution in [0.15, 0.2) is 73.1 Å². The molecule has 0 saturated carbocycles. The summed E-state index contributed by atoms with van der Waals surface area (Å²) in [5.41, 5.74) is 4.45. The van der Waals surface area contributed by atoms with Crippen LogP contribution >= 0.6 is 0 Å². The van der Waals surface area contributed by atoms with E-state index in [0.29, 0.717) is 17.7 Å². The van der Waals surface area contributed by atoms with Gasteiger partial charge in [0.1, 0.15) is 0 Å². The molecule has 1 atom stereocenters. The van der Waals surface area contributed by atoms with Gasteiger partial charge in [-0.3, -0.25) is 4.79 Å². The highest BCUT2D eigenvalue weighted by atomic mass is 16.5. The number of aromatic nitrogens is 1. The van der Waals surface area contributed by atoms with Crippen molar-refractivity contribution in [2.75, 3.05) is 0 Å². The topological polar surface area (TPSA) is 68.5 Å². The van der Waals surface area contributed by atoms with Crippen LogP contribution in [0.5, 0.6) is 0 Å². The van der Waals surface area contributed by atoms with Crippen molar-refractivity contribution in [3.05, 3.63) is 101 Å². The molecule has 0 bridgehead atoms. The van der Waals surface area contributed by atoms with E-state index in [1.165, 1.54) is 6.92 Å². The number of hydrogen-bond donors (Lipinski definition) is 1. The lowest BCUT2D eigenvalue weighted by Crippen LogP contribution is -2.19. The molecule has 0 saturated heterocycles. The highest BCUT2D eigenvalue weighted by Crippen LogP contribution is 2.13. The second kappa shape index (κ2) is 9.85. The van der Waals surface area contributed by atoms with E-state index in [9.17, 15) is 9.59 Å². The first-order chi connectivity index (χ1) is 14.4. The number of carbonyl (C=O) groups is 2. The number of benzene rings is 2. The SMILES string of the molecule is Cc1ccc(C(=O)c2ccn(C/C=C/c3ccc(CO[C@@H](C)C(=O)O)cc3)c2)cc1. The lowest BCUT2D eigenvalue weighted by atomic mass is 10.0. The summed E-state index contributed by atoms with van der Waals surface area (Å²) in [6, 6.07) is 17.2. The van der Waals surface area contributed by atoms with Gasteiger partial charge in [-0.05, 0) is 31.0 Å². The molecular formula is C25H25NO4. The molecule has 1 N–H and O–H groups in total. The second-order valence-corrected chi connectivity index (χ2v) is 7.23. The number of allylic oxidation sites excluding steroid dienone is 1. The first kappa shape index (κ1) is 21.3. The molecule has 3 aromatic rings. The molecule has 1 heterocycles. The van der Waals surface area contributed by atoms with Crippen LogP contribution in [-0.4, -0.2) is 27.5 Å². The summed E-state index contributed by atoms with van der Waals surface area (Å²) in [5, 5.41) is 8.84. The third kappa shape index (κ3) is 5.78. The maximum absolute atomic E-state index is 12.6. The Balaban J connectivity index is 1.54. The molecule has 0 aliphatic heterocycles. The second-order valence-electron chi connectivity index (χ2n) is 7.23. The molecule has 154 valence electrons. The molecule has 0 amide bonds. The molecular weight excluding hydrogens is 378 g/mol. The lowest BCUT2D eigenvalue weighted by Gasteiger charge is -2.08. The van der Waals surface area contributed by atoms with E-state index in [0.717, 1.165) is 16.7 Å². The Morgan fingerprint density at radius 3 is 2.40 bits per heavy atom. The fourth-order valence-corrected chi connectivity index (χ4v) is 2.89. The number of carbonyl (C=O) groups excluding carboxylic acids is 1. The van der Waals surface area contributed by atoms with Crippen molar-refractivity contribution < 1.29 is 19.4 Å². The van der Waals surface area contributed by atoms with Gasteiger partial charge in [0, 0.05) is 30.1 Å². The average Bonchev–Trinajstić information content (AvgIpc) is 3.22. The van der Waals surface area contributed by atoms with Gasteiger partial charge in [-0.1, -0.05) is 66.2 Å². The number of ether oxygens (including phenoxy) is 1. The quantitative estimate of drug-likeness (QED) is 0.525. The third-order valence-corrected chi connectivity index (χ3v) is 4.78. The maximum atomic E-state index is 12.6. The average molecular weight is 403 g/mol. The Kier molecular flexibility index (Phi) is 6.99. The molecule has 0 aliphatic carbocycles. The van der Waals surface area contributed by atoms with E-state index in [4.69, 9.17) is 9.84 Å². The number of nitrogens with zero attached hydrogens (tertiary/aromatic N) is 1. The lowest BCUT2D eigenvalue weighted by molar-refractivity contribution is -0.149. The number of carboxylic acid groups (broad SMARTS) is 1. The van der Waals surface area contributed by atoms with Crippen molar-refractivity contribution in [2.45, 2.75) is 33.1 Å². The zero-order valence-corrected chi connectivity index (χ0v) is 17.1. The summed E-state index contributed by atoms with van der Waals surface area (Å²) in [5.74, 6) is -0.948. The Morgan fingerprint density at radius 2 is 1.73 bits per heavy atom. The van der Waals surface area contributed by atoms with Gasteiger partial charge < -0.3 is 14.4 Å². The molecule has 3 rings (SSSR count). The molecule has 2 aromatic carbocycles. The van der Waals surface area contributed by atoms with Crippen LogP contribution < -0.4 is 0 Å². The zero-order chi connectivity index (χ0) is 21.5. The standard InChI is InChI=1S/C25H25NO4/c1-18-5-11-22(12-6-18)24(27)23-13-15-26(16-23)14-3-4-20-7-9-21(10-8-20)17-30-19(2)25(28)29/h3-13,15-16,19H,14,17H2,1-2H3,(H,28,29)/b4-3+/t19-/m0/s1. The largest absolute Gasteiger partial charge is 0.479 e. The van der Waals surface area contributed by atoms with Crippen LogP contribution in [0.1, 0.15) is 39.5 Å². The highest BCUT2D eigenvalue weighted by Gasteiger charge is 2.11. The predicted molar refractivity (Wildman–Crippen MR) is 116 cm³/mol. The molecule has 0 aliphatic rings. The number of carboxylic acids is 1.